The van der Waals surface area contributed by atoms with E-state index in [1.807, 2.05) is 18.2 Å². The van der Waals surface area contributed by atoms with Crippen molar-refractivity contribution in [2.45, 2.75) is 56.3 Å². The van der Waals surface area contributed by atoms with Gasteiger partial charge in [0, 0.05) is 30.1 Å². The number of halogens is 4. The quantitative estimate of drug-likeness (QED) is 0.605. The molecule has 3 rings (SSSR count). The Morgan fingerprint density at radius 2 is 1.88 bits per heavy atom. The summed E-state index contributed by atoms with van der Waals surface area (Å²) in [4.78, 5) is 4.22. The van der Waals surface area contributed by atoms with E-state index in [1.54, 1.807) is 7.05 Å². The predicted molar refractivity (Wildman–Crippen MR) is 94.0 cm³/mol. The first-order valence-electron chi connectivity index (χ1n) is 8.69. The summed E-state index contributed by atoms with van der Waals surface area (Å²) in [5.41, 5.74) is 1.20. The molecular formula is C18H23ClF3N3. The van der Waals surface area contributed by atoms with Crippen molar-refractivity contribution in [3.8, 4) is 0 Å². The Morgan fingerprint density at radius 1 is 1.16 bits per heavy atom. The highest BCUT2D eigenvalue weighted by atomic mass is 35.5. The Hall–Kier alpha value is -1.43. The summed E-state index contributed by atoms with van der Waals surface area (Å²) in [6.45, 7) is 0. The van der Waals surface area contributed by atoms with Crippen LogP contribution in [0.15, 0.2) is 29.3 Å². The minimum atomic E-state index is -4.07. The summed E-state index contributed by atoms with van der Waals surface area (Å²) in [5, 5.41) is 7.38. The standard InChI is InChI=1S/C18H23ClF3N3/c1-23-17(24-14-7-5-12(6-8-14)18(20,21)22)25-16-10-15(16)11-3-2-4-13(19)9-11/h2-4,9,12,14-16H,5-8,10H2,1H3,(H2,23,24,25). The van der Waals surface area contributed by atoms with Crippen molar-refractivity contribution in [3.05, 3.63) is 34.9 Å². The molecule has 0 saturated heterocycles. The molecule has 0 aromatic heterocycles. The van der Waals surface area contributed by atoms with Crippen molar-refractivity contribution < 1.29 is 13.2 Å². The zero-order chi connectivity index (χ0) is 18.0. The van der Waals surface area contributed by atoms with Gasteiger partial charge in [-0.2, -0.15) is 13.2 Å². The number of nitrogens with zero attached hydrogens (tertiary/aromatic N) is 1. The average molecular weight is 374 g/mol. The fourth-order valence-corrected chi connectivity index (χ4v) is 3.76. The van der Waals surface area contributed by atoms with Crippen LogP contribution in [0.4, 0.5) is 13.2 Å². The molecule has 0 heterocycles. The van der Waals surface area contributed by atoms with Gasteiger partial charge in [0.2, 0.25) is 0 Å². The van der Waals surface area contributed by atoms with Gasteiger partial charge in [-0.1, -0.05) is 23.7 Å². The van der Waals surface area contributed by atoms with Crippen molar-refractivity contribution in [1.29, 1.82) is 0 Å². The van der Waals surface area contributed by atoms with Crippen LogP contribution >= 0.6 is 11.6 Å². The van der Waals surface area contributed by atoms with Crippen LogP contribution < -0.4 is 10.6 Å². The first-order chi connectivity index (χ1) is 11.9. The molecular weight excluding hydrogens is 351 g/mol. The second kappa shape index (κ2) is 7.44. The van der Waals surface area contributed by atoms with Crippen LogP contribution in [0.3, 0.4) is 0 Å². The van der Waals surface area contributed by atoms with E-state index in [0.29, 0.717) is 24.7 Å². The minimum absolute atomic E-state index is 0.0492. The van der Waals surface area contributed by atoms with Gasteiger partial charge in [-0.3, -0.25) is 4.99 Å². The number of rotatable bonds is 3. The van der Waals surface area contributed by atoms with Crippen molar-refractivity contribution >= 4 is 17.6 Å². The maximum Gasteiger partial charge on any atom is 0.391 e. The molecule has 25 heavy (non-hydrogen) atoms. The third-order valence-electron chi connectivity index (χ3n) is 5.14. The fraction of sp³-hybridized carbons (Fsp3) is 0.611. The maximum atomic E-state index is 12.7. The molecule has 2 atom stereocenters. The Morgan fingerprint density at radius 3 is 2.48 bits per heavy atom. The lowest BCUT2D eigenvalue weighted by molar-refractivity contribution is -0.182. The Kier molecular flexibility index (Phi) is 5.46. The number of hydrogen-bond acceptors (Lipinski definition) is 1. The largest absolute Gasteiger partial charge is 0.391 e. The van der Waals surface area contributed by atoms with Gasteiger partial charge in [0.25, 0.3) is 0 Å². The predicted octanol–water partition coefficient (Wildman–Crippen LogP) is 4.48. The van der Waals surface area contributed by atoms with Crippen LogP contribution in [-0.2, 0) is 0 Å². The Bertz CT molecular complexity index is 624. The van der Waals surface area contributed by atoms with Crippen LogP contribution in [0.5, 0.6) is 0 Å². The molecule has 3 nitrogen and oxygen atoms in total. The summed E-state index contributed by atoms with van der Waals surface area (Å²) in [5.74, 6) is -0.0839. The summed E-state index contributed by atoms with van der Waals surface area (Å²) in [7, 11) is 1.69. The van der Waals surface area contributed by atoms with Gasteiger partial charge >= 0.3 is 6.18 Å². The molecule has 2 aliphatic rings. The molecule has 0 aliphatic heterocycles. The van der Waals surface area contributed by atoms with Crippen LogP contribution in [0, 0.1) is 5.92 Å². The topological polar surface area (TPSA) is 36.4 Å². The van der Waals surface area contributed by atoms with Crippen molar-refractivity contribution in [1.82, 2.24) is 10.6 Å². The molecule has 0 bridgehead atoms. The molecule has 2 N–H and O–H groups in total. The third-order valence-corrected chi connectivity index (χ3v) is 5.38. The summed E-state index contributed by atoms with van der Waals surface area (Å²) in [6.07, 6.45) is -1.65. The lowest BCUT2D eigenvalue weighted by Gasteiger charge is -2.31. The molecule has 2 aliphatic carbocycles. The zero-order valence-electron chi connectivity index (χ0n) is 14.1. The fourth-order valence-electron chi connectivity index (χ4n) is 3.56. The molecule has 0 radical (unpaired) electrons. The van der Waals surface area contributed by atoms with E-state index in [0.717, 1.165) is 11.4 Å². The second-order valence-electron chi connectivity index (χ2n) is 6.95. The van der Waals surface area contributed by atoms with E-state index >= 15 is 0 Å². The van der Waals surface area contributed by atoms with Crippen LogP contribution in [0.1, 0.15) is 43.6 Å². The SMILES string of the molecule is CN=C(NC1CCC(C(F)(F)F)CC1)NC1CC1c1cccc(Cl)c1. The van der Waals surface area contributed by atoms with E-state index in [9.17, 15) is 13.2 Å². The van der Waals surface area contributed by atoms with Crippen molar-refractivity contribution in [3.63, 3.8) is 0 Å². The Labute approximate surface area is 151 Å². The van der Waals surface area contributed by atoms with E-state index in [2.05, 4.69) is 21.7 Å². The molecule has 1 aromatic rings. The molecule has 0 amide bonds. The third kappa shape index (κ3) is 4.81. The van der Waals surface area contributed by atoms with Crippen LogP contribution in [0.25, 0.3) is 0 Å². The van der Waals surface area contributed by atoms with Crippen molar-refractivity contribution in [2.24, 2.45) is 10.9 Å². The first-order valence-corrected chi connectivity index (χ1v) is 9.06. The molecule has 2 unspecified atom stereocenters. The number of benzene rings is 1. The number of guanidine groups is 1. The molecule has 2 saturated carbocycles. The van der Waals surface area contributed by atoms with Gasteiger partial charge in [-0.15, -0.1) is 0 Å². The van der Waals surface area contributed by atoms with Crippen LogP contribution in [0.2, 0.25) is 5.02 Å². The summed E-state index contributed by atoms with van der Waals surface area (Å²) in [6, 6.07) is 8.17. The highest BCUT2D eigenvalue weighted by Gasteiger charge is 2.42. The average Bonchev–Trinajstić information content (AvgIpc) is 3.33. The first kappa shape index (κ1) is 18.4. The van der Waals surface area contributed by atoms with Gasteiger partial charge in [-0.25, -0.2) is 0 Å². The monoisotopic (exact) mass is 373 g/mol. The molecule has 0 spiro atoms. The highest BCUT2D eigenvalue weighted by molar-refractivity contribution is 6.30. The van der Waals surface area contributed by atoms with Gasteiger partial charge in [0.15, 0.2) is 5.96 Å². The normalized spacial score (nSPS) is 30.0. The lowest BCUT2D eigenvalue weighted by Crippen LogP contribution is -2.46. The smallest absolute Gasteiger partial charge is 0.354 e. The van der Waals surface area contributed by atoms with Gasteiger partial charge in [0.05, 0.1) is 5.92 Å². The number of alkyl halides is 3. The number of nitrogens with one attached hydrogen (secondary N) is 2. The molecule has 7 heteroatoms. The van der Waals surface area contributed by atoms with Gasteiger partial charge in [-0.05, 0) is 49.8 Å². The summed E-state index contributed by atoms with van der Waals surface area (Å²) >= 11 is 6.03. The highest BCUT2D eigenvalue weighted by Crippen LogP contribution is 2.41. The molecule has 1 aromatic carbocycles. The number of aliphatic imine (C=N–C) groups is 1. The van der Waals surface area contributed by atoms with E-state index in [4.69, 9.17) is 11.6 Å². The van der Waals surface area contributed by atoms with Crippen molar-refractivity contribution in [2.75, 3.05) is 7.05 Å². The molecule has 2 fully saturated rings. The van der Waals surface area contributed by atoms with Gasteiger partial charge < -0.3 is 10.6 Å². The second-order valence-corrected chi connectivity index (χ2v) is 7.39. The minimum Gasteiger partial charge on any atom is -0.354 e. The number of hydrogen-bond donors (Lipinski definition) is 2. The lowest BCUT2D eigenvalue weighted by atomic mass is 9.85. The zero-order valence-corrected chi connectivity index (χ0v) is 14.9. The Balaban J connectivity index is 1.47. The van der Waals surface area contributed by atoms with E-state index in [-0.39, 0.29) is 24.9 Å². The molecule has 138 valence electrons. The van der Waals surface area contributed by atoms with Gasteiger partial charge in [0.1, 0.15) is 0 Å². The van der Waals surface area contributed by atoms with E-state index < -0.39 is 12.1 Å². The summed E-state index contributed by atoms with van der Waals surface area (Å²) < 4.78 is 38.2. The maximum absolute atomic E-state index is 12.7. The van der Waals surface area contributed by atoms with Crippen LogP contribution in [-0.4, -0.2) is 31.3 Å². The van der Waals surface area contributed by atoms with E-state index in [1.165, 1.54) is 5.56 Å².